The van der Waals surface area contributed by atoms with E-state index in [1.807, 2.05) is 11.3 Å². The monoisotopic (exact) mass is 238 g/mol. The highest BCUT2D eigenvalue weighted by molar-refractivity contribution is 7.09. The topological polar surface area (TPSA) is 15.3 Å². The van der Waals surface area contributed by atoms with Crippen molar-refractivity contribution in [1.82, 2.24) is 10.2 Å². The van der Waals surface area contributed by atoms with Gasteiger partial charge >= 0.3 is 0 Å². The lowest BCUT2D eigenvalue weighted by molar-refractivity contribution is 0.143. The summed E-state index contributed by atoms with van der Waals surface area (Å²) < 4.78 is 0. The van der Waals surface area contributed by atoms with Crippen LogP contribution in [0.4, 0.5) is 0 Å². The van der Waals surface area contributed by atoms with E-state index in [9.17, 15) is 0 Å². The van der Waals surface area contributed by atoms with Gasteiger partial charge in [-0.05, 0) is 30.3 Å². The molecule has 0 aromatic carbocycles. The Morgan fingerprint density at radius 2 is 2.44 bits per heavy atom. The molecule has 3 heteroatoms. The van der Waals surface area contributed by atoms with E-state index in [4.69, 9.17) is 0 Å². The number of rotatable bonds is 4. The van der Waals surface area contributed by atoms with Crippen LogP contribution in [0.15, 0.2) is 17.5 Å². The molecule has 2 rings (SSSR count). The molecular formula is C13H22N2S. The largest absolute Gasteiger partial charge is 0.314 e. The number of nitrogens with one attached hydrogen (secondary N) is 1. The van der Waals surface area contributed by atoms with Crippen LogP contribution in [-0.4, -0.2) is 30.6 Å². The van der Waals surface area contributed by atoms with Crippen molar-refractivity contribution in [2.24, 2.45) is 5.92 Å². The van der Waals surface area contributed by atoms with Gasteiger partial charge in [-0.2, -0.15) is 0 Å². The molecule has 0 radical (unpaired) electrons. The van der Waals surface area contributed by atoms with Crippen LogP contribution in [-0.2, 0) is 6.54 Å². The molecule has 0 saturated carbocycles. The molecule has 1 saturated heterocycles. The second-order valence-electron chi connectivity index (χ2n) is 4.74. The summed E-state index contributed by atoms with van der Waals surface area (Å²) in [5, 5.41) is 5.76. The molecule has 90 valence electrons. The Bertz CT molecular complexity index is 297. The van der Waals surface area contributed by atoms with Crippen molar-refractivity contribution in [3.05, 3.63) is 22.4 Å². The maximum absolute atomic E-state index is 3.59. The van der Waals surface area contributed by atoms with E-state index in [-0.39, 0.29) is 0 Å². The molecule has 0 aliphatic carbocycles. The Morgan fingerprint density at radius 3 is 3.06 bits per heavy atom. The first kappa shape index (κ1) is 12.1. The normalized spacial score (nSPS) is 27.1. The molecule has 2 unspecified atom stereocenters. The van der Waals surface area contributed by atoms with E-state index in [0.29, 0.717) is 0 Å². The molecule has 0 amide bonds. The predicted molar refractivity (Wildman–Crippen MR) is 70.8 cm³/mol. The Kier molecular flexibility index (Phi) is 4.38. The van der Waals surface area contributed by atoms with Crippen molar-refractivity contribution in [2.45, 2.75) is 32.9 Å². The molecule has 2 heterocycles. The zero-order valence-corrected chi connectivity index (χ0v) is 11.1. The Hall–Kier alpha value is -0.380. The maximum Gasteiger partial charge on any atom is 0.0328 e. The highest BCUT2D eigenvalue weighted by Gasteiger charge is 2.25. The van der Waals surface area contributed by atoms with Gasteiger partial charge in [0.2, 0.25) is 0 Å². The van der Waals surface area contributed by atoms with Crippen LogP contribution >= 0.6 is 11.3 Å². The zero-order valence-electron chi connectivity index (χ0n) is 10.3. The number of nitrogens with zero attached hydrogens (tertiary/aromatic N) is 1. The third-order valence-corrected chi connectivity index (χ3v) is 4.28. The van der Waals surface area contributed by atoms with Gasteiger partial charge in [-0.3, -0.25) is 4.90 Å². The zero-order chi connectivity index (χ0) is 11.4. The molecule has 16 heavy (non-hydrogen) atoms. The van der Waals surface area contributed by atoms with Crippen LogP contribution < -0.4 is 5.32 Å². The Balaban J connectivity index is 1.82. The molecule has 0 bridgehead atoms. The minimum atomic E-state index is 0.726. The Morgan fingerprint density at radius 1 is 1.56 bits per heavy atom. The molecule has 0 spiro atoms. The minimum Gasteiger partial charge on any atom is -0.314 e. The number of piperidine rings is 1. The first-order valence-corrected chi connectivity index (χ1v) is 7.15. The first-order chi connectivity index (χ1) is 7.79. The van der Waals surface area contributed by atoms with Crippen molar-refractivity contribution < 1.29 is 0 Å². The maximum atomic E-state index is 3.59. The third-order valence-electron chi connectivity index (χ3n) is 3.42. The third kappa shape index (κ3) is 3.06. The predicted octanol–water partition coefficient (Wildman–Crippen LogP) is 2.57. The quantitative estimate of drug-likeness (QED) is 0.867. The molecular weight excluding hydrogens is 216 g/mol. The van der Waals surface area contributed by atoms with Gasteiger partial charge in [0.1, 0.15) is 0 Å². The van der Waals surface area contributed by atoms with Gasteiger partial charge in [0.15, 0.2) is 0 Å². The standard InChI is InChI=1S/C13H22N2S/c1-3-14-13-6-7-15(9-11(13)2)10-12-5-4-8-16-12/h4-5,8,11,13-14H,3,6-7,9-10H2,1-2H3. The number of likely N-dealkylation sites (tertiary alicyclic amines) is 1. The fourth-order valence-electron chi connectivity index (χ4n) is 2.56. The number of thiophene rings is 1. The van der Waals surface area contributed by atoms with E-state index in [1.54, 1.807) is 0 Å². The van der Waals surface area contributed by atoms with Crippen LogP contribution in [0.25, 0.3) is 0 Å². The van der Waals surface area contributed by atoms with Crippen molar-refractivity contribution in [3.8, 4) is 0 Å². The van der Waals surface area contributed by atoms with Gasteiger partial charge < -0.3 is 5.32 Å². The number of hydrogen-bond donors (Lipinski definition) is 1. The van der Waals surface area contributed by atoms with Crippen molar-refractivity contribution in [2.75, 3.05) is 19.6 Å². The lowest BCUT2D eigenvalue weighted by atomic mass is 9.94. The van der Waals surface area contributed by atoms with Crippen LogP contribution in [0.2, 0.25) is 0 Å². The molecule has 2 nitrogen and oxygen atoms in total. The molecule has 1 aromatic heterocycles. The lowest BCUT2D eigenvalue weighted by Gasteiger charge is -2.37. The fourth-order valence-corrected chi connectivity index (χ4v) is 3.31. The SMILES string of the molecule is CCNC1CCN(Cc2cccs2)CC1C. The van der Waals surface area contributed by atoms with Crippen LogP contribution in [0.3, 0.4) is 0 Å². The fraction of sp³-hybridized carbons (Fsp3) is 0.692. The Labute approximate surface area is 103 Å². The highest BCUT2D eigenvalue weighted by atomic mass is 32.1. The average Bonchev–Trinajstić information content (AvgIpc) is 2.75. The summed E-state index contributed by atoms with van der Waals surface area (Å²) in [7, 11) is 0. The summed E-state index contributed by atoms with van der Waals surface area (Å²) in [4.78, 5) is 4.08. The summed E-state index contributed by atoms with van der Waals surface area (Å²) >= 11 is 1.87. The van der Waals surface area contributed by atoms with Gasteiger partial charge in [-0.15, -0.1) is 11.3 Å². The lowest BCUT2D eigenvalue weighted by Crippen LogP contribution is -2.47. The van der Waals surface area contributed by atoms with Crippen LogP contribution in [0.5, 0.6) is 0 Å². The second kappa shape index (κ2) is 5.80. The second-order valence-corrected chi connectivity index (χ2v) is 5.78. The molecule has 1 aliphatic rings. The van der Waals surface area contributed by atoms with Crippen molar-refractivity contribution in [1.29, 1.82) is 0 Å². The van der Waals surface area contributed by atoms with E-state index in [0.717, 1.165) is 25.0 Å². The van der Waals surface area contributed by atoms with Crippen molar-refractivity contribution >= 4 is 11.3 Å². The molecule has 1 N–H and O–H groups in total. The van der Waals surface area contributed by atoms with E-state index in [2.05, 4.69) is 41.6 Å². The van der Waals surface area contributed by atoms with E-state index in [1.165, 1.54) is 24.4 Å². The summed E-state index contributed by atoms with van der Waals surface area (Å²) in [6.45, 7) is 9.27. The molecule has 1 aromatic rings. The summed E-state index contributed by atoms with van der Waals surface area (Å²) in [6.07, 6.45) is 1.29. The first-order valence-electron chi connectivity index (χ1n) is 6.27. The van der Waals surface area contributed by atoms with Gasteiger partial charge in [0.05, 0.1) is 0 Å². The molecule has 2 atom stereocenters. The van der Waals surface area contributed by atoms with Gasteiger partial charge in [0, 0.05) is 30.6 Å². The van der Waals surface area contributed by atoms with E-state index >= 15 is 0 Å². The summed E-state index contributed by atoms with van der Waals surface area (Å²) in [5.41, 5.74) is 0. The smallest absolute Gasteiger partial charge is 0.0328 e. The minimum absolute atomic E-state index is 0.726. The molecule has 1 aliphatic heterocycles. The van der Waals surface area contributed by atoms with Crippen LogP contribution in [0.1, 0.15) is 25.1 Å². The number of hydrogen-bond acceptors (Lipinski definition) is 3. The van der Waals surface area contributed by atoms with Gasteiger partial charge in [-0.1, -0.05) is 19.9 Å². The van der Waals surface area contributed by atoms with Crippen LogP contribution in [0, 0.1) is 5.92 Å². The van der Waals surface area contributed by atoms with Crippen molar-refractivity contribution in [3.63, 3.8) is 0 Å². The summed E-state index contributed by atoms with van der Waals surface area (Å²) in [5.74, 6) is 0.772. The average molecular weight is 238 g/mol. The highest BCUT2D eigenvalue weighted by Crippen LogP contribution is 2.20. The summed E-state index contributed by atoms with van der Waals surface area (Å²) in [6, 6.07) is 5.12. The molecule has 1 fully saturated rings. The van der Waals surface area contributed by atoms with Gasteiger partial charge in [-0.25, -0.2) is 0 Å². The van der Waals surface area contributed by atoms with E-state index < -0.39 is 0 Å². The van der Waals surface area contributed by atoms with Gasteiger partial charge in [0.25, 0.3) is 0 Å².